The van der Waals surface area contributed by atoms with Crippen LogP contribution in [-0.2, 0) is 4.74 Å². The summed E-state index contributed by atoms with van der Waals surface area (Å²) in [6.07, 6.45) is -3.92. The second kappa shape index (κ2) is 4.81. The predicted molar refractivity (Wildman–Crippen MR) is 42.5 cm³/mol. The smallest absolute Gasteiger partial charge is 0.380 e. The molecule has 0 saturated carbocycles. The number of hydrogen-bond donors (Lipinski definition) is 0. The standard InChI is InChI=1S/C8H14F3NO/c9-8(10,11)2-4-12-3-1-6-13-7-5-12/h1-7H2. The minimum Gasteiger partial charge on any atom is -0.380 e. The number of halogens is 3. The van der Waals surface area contributed by atoms with E-state index in [1.54, 1.807) is 4.90 Å². The summed E-state index contributed by atoms with van der Waals surface area (Å²) < 4.78 is 40.7. The molecule has 1 heterocycles. The van der Waals surface area contributed by atoms with Gasteiger partial charge in [0.15, 0.2) is 0 Å². The van der Waals surface area contributed by atoms with Gasteiger partial charge in [-0.3, -0.25) is 0 Å². The Morgan fingerprint density at radius 2 is 1.92 bits per heavy atom. The number of ether oxygens (including phenoxy) is 1. The van der Waals surface area contributed by atoms with Crippen LogP contribution in [0.15, 0.2) is 0 Å². The molecule has 0 unspecified atom stereocenters. The Hall–Kier alpha value is -0.290. The molecule has 0 bridgehead atoms. The summed E-state index contributed by atoms with van der Waals surface area (Å²) >= 11 is 0. The fraction of sp³-hybridized carbons (Fsp3) is 1.00. The summed E-state index contributed by atoms with van der Waals surface area (Å²) in [5.41, 5.74) is 0. The van der Waals surface area contributed by atoms with Crippen molar-refractivity contribution >= 4 is 0 Å². The highest BCUT2D eigenvalue weighted by Crippen LogP contribution is 2.19. The van der Waals surface area contributed by atoms with Crippen LogP contribution in [0.5, 0.6) is 0 Å². The SMILES string of the molecule is FC(F)(F)CCN1CCCOCC1. The van der Waals surface area contributed by atoms with Crippen LogP contribution in [0.3, 0.4) is 0 Å². The first kappa shape index (κ1) is 10.8. The Bertz CT molecular complexity index is 141. The van der Waals surface area contributed by atoms with E-state index in [1.165, 1.54) is 0 Å². The van der Waals surface area contributed by atoms with Crippen molar-refractivity contribution in [3.05, 3.63) is 0 Å². The van der Waals surface area contributed by atoms with Gasteiger partial charge in [0.1, 0.15) is 0 Å². The van der Waals surface area contributed by atoms with Crippen LogP contribution in [0, 0.1) is 0 Å². The molecule has 5 heteroatoms. The van der Waals surface area contributed by atoms with Gasteiger partial charge in [-0.25, -0.2) is 0 Å². The Morgan fingerprint density at radius 3 is 2.62 bits per heavy atom. The summed E-state index contributed by atoms with van der Waals surface area (Å²) in [5, 5.41) is 0. The third kappa shape index (κ3) is 5.10. The summed E-state index contributed by atoms with van der Waals surface area (Å²) in [6.45, 7) is 2.67. The van der Waals surface area contributed by atoms with Gasteiger partial charge >= 0.3 is 6.18 Å². The van der Waals surface area contributed by atoms with Crippen LogP contribution in [0.1, 0.15) is 12.8 Å². The molecule has 0 aromatic heterocycles. The van der Waals surface area contributed by atoms with E-state index in [0.717, 1.165) is 13.0 Å². The average Bonchev–Trinajstić information content (AvgIpc) is 2.26. The summed E-state index contributed by atoms with van der Waals surface area (Å²) in [6, 6.07) is 0. The molecule has 0 amide bonds. The van der Waals surface area contributed by atoms with Gasteiger partial charge in [0, 0.05) is 26.2 Å². The van der Waals surface area contributed by atoms with Gasteiger partial charge in [-0.15, -0.1) is 0 Å². The third-order valence-electron chi connectivity index (χ3n) is 2.03. The number of nitrogens with zero attached hydrogens (tertiary/aromatic N) is 1. The zero-order chi connectivity index (χ0) is 9.73. The lowest BCUT2D eigenvalue weighted by molar-refractivity contribution is -0.137. The quantitative estimate of drug-likeness (QED) is 0.667. The normalized spacial score (nSPS) is 21.5. The highest BCUT2D eigenvalue weighted by atomic mass is 19.4. The lowest BCUT2D eigenvalue weighted by atomic mass is 10.3. The van der Waals surface area contributed by atoms with Gasteiger partial charge in [0.25, 0.3) is 0 Å². The van der Waals surface area contributed by atoms with Gasteiger partial charge in [-0.1, -0.05) is 0 Å². The van der Waals surface area contributed by atoms with E-state index >= 15 is 0 Å². The molecule has 0 aromatic carbocycles. The molecule has 1 saturated heterocycles. The largest absolute Gasteiger partial charge is 0.390 e. The van der Waals surface area contributed by atoms with Crippen LogP contribution < -0.4 is 0 Å². The number of hydrogen-bond acceptors (Lipinski definition) is 2. The summed E-state index contributed by atoms with van der Waals surface area (Å²) in [7, 11) is 0. The Morgan fingerprint density at radius 1 is 1.15 bits per heavy atom. The molecule has 1 aliphatic heterocycles. The van der Waals surface area contributed by atoms with Crippen LogP contribution >= 0.6 is 0 Å². The van der Waals surface area contributed by atoms with E-state index in [1.807, 2.05) is 0 Å². The minimum atomic E-state index is -4.03. The molecule has 1 rings (SSSR count). The minimum absolute atomic E-state index is 0.104. The van der Waals surface area contributed by atoms with Crippen molar-refractivity contribution in [1.29, 1.82) is 0 Å². The van der Waals surface area contributed by atoms with Gasteiger partial charge in [-0.2, -0.15) is 13.2 Å². The van der Waals surface area contributed by atoms with Gasteiger partial charge in [-0.05, 0) is 6.42 Å². The van der Waals surface area contributed by atoms with Gasteiger partial charge in [0.05, 0.1) is 13.0 Å². The van der Waals surface area contributed by atoms with Crippen molar-refractivity contribution in [2.75, 3.05) is 32.8 Å². The van der Waals surface area contributed by atoms with Crippen LogP contribution in [-0.4, -0.2) is 43.9 Å². The Kier molecular flexibility index (Phi) is 3.99. The molecular weight excluding hydrogens is 183 g/mol. The zero-order valence-corrected chi connectivity index (χ0v) is 7.44. The second-order valence-corrected chi connectivity index (χ2v) is 3.17. The monoisotopic (exact) mass is 197 g/mol. The maximum Gasteiger partial charge on any atom is 0.390 e. The van der Waals surface area contributed by atoms with Gasteiger partial charge < -0.3 is 9.64 Å². The highest BCUT2D eigenvalue weighted by molar-refractivity contribution is 4.63. The first-order valence-electron chi connectivity index (χ1n) is 4.45. The highest BCUT2D eigenvalue weighted by Gasteiger charge is 2.27. The van der Waals surface area contributed by atoms with Crippen molar-refractivity contribution in [3.63, 3.8) is 0 Å². The zero-order valence-electron chi connectivity index (χ0n) is 7.44. The van der Waals surface area contributed by atoms with E-state index in [4.69, 9.17) is 4.74 Å². The van der Waals surface area contributed by atoms with Crippen LogP contribution in [0.25, 0.3) is 0 Å². The topological polar surface area (TPSA) is 12.5 Å². The van der Waals surface area contributed by atoms with Crippen LogP contribution in [0.2, 0.25) is 0 Å². The van der Waals surface area contributed by atoms with Crippen molar-refractivity contribution in [2.45, 2.75) is 19.0 Å². The number of alkyl halides is 3. The second-order valence-electron chi connectivity index (χ2n) is 3.17. The molecule has 1 aliphatic rings. The van der Waals surface area contributed by atoms with Crippen molar-refractivity contribution in [3.8, 4) is 0 Å². The van der Waals surface area contributed by atoms with Crippen molar-refractivity contribution in [2.24, 2.45) is 0 Å². The van der Waals surface area contributed by atoms with E-state index in [0.29, 0.717) is 19.8 Å². The van der Waals surface area contributed by atoms with E-state index in [-0.39, 0.29) is 6.54 Å². The van der Waals surface area contributed by atoms with Crippen molar-refractivity contribution < 1.29 is 17.9 Å². The molecule has 1 fully saturated rings. The first-order chi connectivity index (χ1) is 6.08. The van der Waals surface area contributed by atoms with Crippen LogP contribution in [0.4, 0.5) is 13.2 Å². The average molecular weight is 197 g/mol. The summed E-state index contributed by atoms with van der Waals surface area (Å²) in [4.78, 5) is 1.81. The molecule has 0 aromatic rings. The molecular formula is C8H14F3NO. The molecule has 0 N–H and O–H groups in total. The maximum absolute atomic E-state index is 11.9. The fourth-order valence-corrected chi connectivity index (χ4v) is 1.31. The maximum atomic E-state index is 11.9. The lowest BCUT2D eigenvalue weighted by Crippen LogP contribution is -2.30. The molecule has 0 aliphatic carbocycles. The Labute approximate surface area is 75.7 Å². The molecule has 0 radical (unpaired) electrons. The molecule has 13 heavy (non-hydrogen) atoms. The molecule has 2 nitrogen and oxygen atoms in total. The van der Waals surface area contributed by atoms with Gasteiger partial charge in [0.2, 0.25) is 0 Å². The van der Waals surface area contributed by atoms with E-state index in [2.05, 4.69) is 0 Å². The first-order valence-corrected chi connectivity index (χ1v) is 4.45. The fourth-order valence-electron chi connectivity index (χ4n) is 1.31. The molecule has 78 valence electrons. The molecule has 0 atom stereocenters. The predicted octanol–water partition coefficient (Wildman–Crippen LogP) is 1.66. The molecule has 0 spiro atoms. The van der Waals surface area contributed by atoms with Crippen molar-refractivity contribution in [1.82, 2.24) is 4.90 Å². The lowest BCUT2D eigenvalue weighted by Gasteiger charge is -2.19. The van der Waals surface area contributed by atoms with E-state index < -0.39 is 12.6 Å². The third-order valence-corrected chi connectivity index (χ3v) is 2.03. The Balaban J connectivity index is 2.19. The van der Waals surface area contributed by atoms with E-state index in [9.17, 15) is 13.2 Å². The number of rotatable bonds is 2. The summed E-state index contributed by atoms with van der Waals surface area (Å²) in [5.74, 6) is 0.